The van der Waals surface area contributed by atoms with Gasteiger partial charge in [-0.25, -0.2) is 9.97 Å². The third-order valence-corrected chi connectivity index (χ3v) is 7.34. The van der Waals surface area contributed by atoms with Gasteiger partial charge in [0.25, 0.3) is 0 Å². The van der Waals surface area contributed by atoms with Gasteiger partial charge in [0.2, 0.25) is 0 Å². The second-order valence-corrected chi connectivity index (χ2v) is 9.29. The summed E-state index contributed by atoms with van der Waals surface area (Å²) in [5.41, 5.74) is 2.59. The Hall–Kier alpha value is -3.06. The molecule has 31 heavy (non-hydrogen) atoms. The van der Waals surface area contributed by atoms with Crippen LogP contribution >= 0.6 is 11.3 Å². The molecule has 7 heteroatoms. The zero-order valence-corrected chi connectivity index (χ0v) is 18.2. The largest absolute Gasteiger partial charge is 0.362 e. The van der Waals surface area contributed by atoms with Crippen LogP contribution in [0.2, 0.25) is 0 Å². The molecule has 4 heterocycles. The summed E-state index contributed by atoms with van der Waals surface area (Å²) in [7, 11) is 0. The van der Waals surface area contributed by atoms with Crippen molar-refractivity contribution in [3.05, 3.63) is 63.8 Å². The first-order chi connectivity index (χ1) is 15.3. The zero-order valence-electron chi connectivity index (χ0n) is 17.3. The van der Waals surface area contributed by atoms with Gasteiger partial charge in [0, 0.05) is 17.8 Å². The van der Waals surface area contributed by atoms with Crippen molar-refractivity contribution >= 4 is 39.5 Å². The van der Waals surface area contributed by atoms with Crippen molar-refractivity contribution in [3.63, 3.8) is 0 Å². The van der Waals surface area contributed by atoms with Gasteiger partial charge in [-0.3, -0.25) is 0 Å². The van der Waals surface area contributed by atoms with Crippen molar-refractivity contribution in [2.24, 2.45) is 0 Å². The predicted molar refractivity (Wildman–Crippen MR) is 125 cm³/mol. The maximum Gasteiger partial charge on any atom is 0.155 e. The molecule has 156 valence electrons. The lowest BCUT2D eigenvalue weighted by atomic mass is 9.97. The number of anilines is 1. The molecule has 6 rings (SSSR count). The minimum absolute atomic E-state index is 0.631. The Kier molecular flexibility index (Phi) is 4.76. The summed E-state index contributed by atoms with van der Waals surface area (Å²) in [6.45, 7) is 1.64. The molecule has 2 aliphatic rings. The lowest BCUT2D eigenvalue weighted by Crippen LogP contribution is -2.10. The second-order valence-electron chi connectivity index (χ2n) is 8.21. The topological polar surface area (TPSA) is 68.5 Å². The van der Waals surface area contributed by atoms with Gasteiger partial charge in [0.1, 0.15) is 16.5 Å². The van der Waals surface area contributed by atoms with Gasteiger partial charge in [-0.15, -0.1) is 21.5 Å². The Morgan fingerprint density at radius 2 is 1.87 bits per heavy atom. The van der Waals surface area contributed by atoms with Gasteiger partial charge >= 0.3 is 0 Å². The van der Waals surface area contributed by atoms with Gasteiger partial charge in [0.05, 0.1) is 11.9 Å². The van der Waals surface area contributed by atoms with Crippen molar-refractivity contribution in [2.75, 3.05) is 5.32 Å². The number of aromatic nitrogens is 5. The minimum Gasteiger partial charge on any atom is -0.362 e. The van der Waals surface area contributed by atoms with Crippen molar-refractivity contribution in [2.45, 2.75) is 51.6 Å². The van der Waals surface area contributed by atoms with Gasteiger partial charge in [-0.05, 0) is 49.3 Å². The van der Waals surface area contributed by atoms with E-state index in [1.165, 1.54) is 28.7 Å². The number of thiophene rings is 1. The van der Waals surface area contributed by atoms with E-state index in [-0.39, 0.29) is 0 Å². The first kappa shape index (κ1) is 18.7. The molecule has 0 saturated carbocycles. The van der Waals surface area contributed by atoms with Gasteiger partial charge in [0.15, 0.2) is 11.6 Å². The van der Waals surface area contributed by atoms with Crippen molar-refractivity contribution in [3.8, 4) is 0 Å². The Labute approximate surface area is 185 Å². The molecule has 1 aliphatic carbocycles. The van der Waals surface area contributed by atoms with E-state index in [4.69, 9.17) is 9.97 Å². The molecule has 1 aliphatic heterocycles. The fourth-order valence-corrected chi connectivity index (χ4v) is 5.88. The van der Waals surface area contributed by atoms with Crippen molar-refractivity contribution < 1.29 is 0 Å². The van der Waals surface area contributed by atoms with Crippen LogP contribution in [0.3, 0.4) is 0 Å². The molecule has 0 spiro atoms. The van der Waals surface area contributed by atoms with Crippen LogP contribution in [-0.2, 0) is 32.4 Å². The lowest BCUT2D eigenvalue weighted by Gasteiger charge is -2.13. The third-order valence-electron chi connectivity index (χ3n) is 6.16. The highest BCUT2D eigenvalue weighted by molar-refractivity contribution is 7.19. The Bertz CT molecular complexity index is 1270. The Morgan fingerprint density at radius 3 is 2.81 bits per heavy atom. The molecule has 0 radical (unpaired) electrons. The number of fused-ring (bicyclic) bond motifs is 4. The highest BCUT2D eigenvalue weighted by atomic mass is 32.1. The number of hydrogen-bond acceptors (Lipinski definition) is 6. The maximum absolute atomic E-state index is 4.93. The molecule has 0 saturated heterocycles. The summed E-state index contributed by atoms with van der Waals surface area (Å²) in [6, 6.07) is 10.3. The van der Waals surface area contributed by atoms with Crippen LogP contribution in [-0.4, -0.2) is 24.7 Å². The van der Waals surface area contributed by atoms with Crippen molar-refractivity contribution in [1.29, 1.82) is 0 Å². The molecular formula is C24H24N6S. The van der Waals surface area contributed by atoms with Crippen LogP contribution in [0.25, 0.3) is 22.4 Å². The number of rotatable bonds is 5. The molecule has 0 unspecified atom stereocenters. The average Bonchev–Trinajstić information content (AvgIpc) is 3.51. The van der Waals surface area contributed by atoms with Crippen LogP contribution < -0.4 is 5.32 Å². The number of nitrogens with one attached hydrogen (secondary N) is 1. The van der Waals surface area contributed by atoms with E-state index in [1.807, 2.05) is 35.6 Å². The van der Waals surface area contributed by atoms with Crippen LogP contribution in [0.5, 0.6) is 0 Å². The molecule has 1 N–H and O–H groups in total. The van der Waals surface area contributed by atoms with Crippen LogP contribution in [0, 0.1) is 0 Å². The highest BCUT2D eigenvalue weighted by Crippen LogP contribution is 2.39. The SMILES string of the molecule is C(=C\c1nc(NCc2nnc3n2CCC3)c2c3c(sc2n1)CCCC3)/c1ccccc1. The summed E-state index contributed by atoms with van der Waals surface area (Å²) in [5, 5.41) is 13.5. The molecular weight excluding hydrogens is 404 g/mol. The second kappa shape index (κ2) is 7.89. The summed E-state index contributed by atoms with van der Waals surface area (Å²) in [6.07, 6.45) is 11.0. The summed E-state index contributed by atoms with van der Waals surface area (Å²) in [4.78, 5) is 12.4. The molecule has 0 amide bonds. The summed E-state index contributed by atoms with van der Waals surface area (Å²) >= 11 is 1.83. The zero-order chi connectivity index (χ0) is 20.6. The van der Waals surface area contributed by atoms with Crippen molar-refractivity contribution in [1.82, 2.24) is 24.7 Å². The van der Waals surface area contributed by atoms with E-state index in [9.17, 15) is 0 Å². The highest BCUT2D eigenvalue weighted by Gasteiger charge is 2.22. The Morgan fingerprint density at radius 1 is 0.968 bits per heavy atom. The normalized spacial score (nSPS) is 15.5. The van der Waals surface area contributed by atoms with E-state index in [0.717, 1.165) is 65.9 Å². The quantitative estimate of drug-likeness (QED) is 0.490. The number of aryl methyl sites for hydroxylation is 3. The van der Waals surface area contributed by atoms with Gasteiger partial charge in [-0.2, -0.15) is 0 Å². The average molecular weight is 429 g/mol. The molecule has 6 nitrogen and oxygen atoms in total. The van der Waals surface area contributed by atoms with E-state index in [1.54, 1.807) is 0 Å². The number of hydrogen-bond donors (Lipinski definition) is 1. The molecule has 4 aromatic rings. The van der Waals surface area contributed by atoms with E-state index >= 15 is 0 Å². The Balaban J connectivity index is 1.38. The van der Waals surface area contributed by atoms with Crippen LogP contribution in [0.15, 0.2) is 30.3 Å². The monoisotopic (exact) mass is 428 g/mol. The van der Waals surface area contributed by atoms with E-state index < -0.39 is 0 Å². The fourth-order valence-electron chi connectivity index (χ4n) is 4.62. The molecule has 3 aromatic heterocycles. The third kappa shape index (κ3) is 3.53. The lowest BCUT2D eigenvalue weighted by molar-refractivity contribution is 0.695. The van der Waals surface area contributed by atoms with E-state index in [2.05, 4.69) is 38.3 Å². The van der Waals surface area contributed by atoms with Crippen LogP contribution in [0.4, 0.5) is 5.82 Å². The minimum atomic E-state index is 0.631. The fraction of sp³-hybridized carbons (Fsp3) is 0.333. The molecule has 0 bridgehead atoms. The molecule has 0 atom stereocenters. The summed E-state index contributed by atoms with van der Waals surface area (Å²) in [5.74, 6) is 3.75. The molecule has 1 aromatic carbocycles. The number of nitrogens with zero attached hydrogens (tertiary/aromatic N) is 5. The van der Waals surface area contributed by atoms with Crippen LogP contribution in [0.1, 0.15) is 52.7 Å². The first-order valence-electron chi connectivity index (χ1n) is 11.1. The smallest absolute Gasteiger partial charge is 0.155 e. The van der Waals surface area contributed by atoms with Gasteiger partial charge in [-0.1, -0.05) is 36.4 Å². The standard InChI is InChI=1S/C24H24N6S/c1-2-7-16(8-3-1)12-13-19-26-23(25-15-21-29-28-20-11-6-14-30(20)21)22-17-9-4-5-10-18(17)31-24(22)27-19/h1-3,7-8,12-13H,4-6,9-11,14-15H2,(H,25,26,27)/b13-12+. The van der Waals surface area contributed by atoms with Gasteiger partial charge < -0.3 is 9.88 Å². The predicted octanol–water partition coefficient (Wildman–Crippen LogP) is 4.89. The summed E-state index contributed by atoms with van der Waals surface area (Å²) < 4.78 is 2.24. The van der Waals surface area contributed by atoms with E-state index in [0.29, 0.717) is 6.54 Å². The number of benzene rings is 1. The molecule has 0 fully saturated rings. The maximum atomic E-state index is 4.93. The first-order valence-corrected chi connectivity index (χ1v) is 11.9.